The van der Waals surface area contributed by atoms with Crippen LogP contribution in [0.15, 0.2) is 127 Å². The smallest absolute Gasteiger partial charge is 0.343 e. The average molecular weight is 964 g/mol. The van der Waals surface area contributed by atoms with Gasteiger partial charge in [-0.2, -0.15) is 0 Å². The van der Waals surface area contributed by atoms with E-state index in [2.05, 4.69) is 72.5 Å². The lowest BCUT2D eigenvalue weighted by atomic mass is 9.77. The molecule has 2 aliphatic heterocycles. The molecule has 1 unspecified atom stereocenters. The number of anilines is 1. The average Bonchev–Trinajstić information content (AvgIpc) is 3.44. The van der Waals surface area contributed by atoms with Gasteiger partial charge in [-0.1, -0.05) is 99.3 Å². The zero-order chi connectivity index (χ0) is 49.6. The zero-order valence-electron chi connectivity index (χ0n) is 42.3. The topological polar surface area (TPSA) is 91.4 Å². The van der Waals surface area contributed by atoms with Crippen molar-refractivity contribution in [3.05, 3.63) is 177 Å². The van der Waals surface area contributed by atoms with Crippen LogP contribution in [-0.2, 0) is 15.1 Å². The maximum atomic E-state index is 14.0. The third-order valence-electron chi connectivity index (χ3n) is 16.3. The van der Waals surface area contributed by atoms with Crippen molar-refractivity contribution in [2.75, 3.05) is 25.1 Å². The molecule has 10 rings (SSSR count). The molecule has 0 N–H and O–H groups in total. The number of aryl methyl sites for hydroxylation is 1. The lowest BCUT2D eigenvalue weighted by Crippen LogP contribution is -2.35. The van der Waals surface area contributed by atoms with Gasteiger partial charge < -0.3 is 23.8 Å². The predicted molar refractivity (Wildman–Crippen MR) is 287 cm³/mol. The third kappa shape index (κ3) is 10.3. The summed E-state index contributed by atoms with van der Waals surface area (Å²) in [6, 6.07) is 40.3. The van der Waals surface area contributed by atoms with Gasteiger partial charge in [-0.25, -0.2) is 14.4 Å². The third-order valence-corrected chi connectivity index (χ3v) is 16.3. The van der Waals surface area contributed by atoms with Crippen LogP contribution in [0, 0.1) is 12.8 Å². The van der Waals surface area contributed by atoms with Crippen LogP contribution in [0.1, 0.15) is 180 Å². The van der Waals surface area contributed by atoms with E-state index >= 15 is 0 Å². The first-order valence-corrected chi connectivity index (χ1v) is 26.8. The van der Waals surface area contributed by atoms with Gasteiger partial charge in [-0.15, -0.1) is 0 Å². The molecule has 1 atom stereocenters. The molecule has 6 aromatic carbocycles. The quantitative estimate of drug-likeness (QED) is 0.0606. The van der Waals surface area contributed by atoms with Crippen LogP contribution >= 0.6 is 0 Å². The Morgan fingerprint density at radius 1 is 0.653 bits per heavy atom. The Balaban J connectivity index is 0.788. The molecule has 2 aliphatic carbocycles. The number of unbranched alkanes of at least 4 members (excludes halogenated alkanes) is 2. The fraction of sp³-hybridized carbons (Fsp3) is 0.391. The number of fused-ring (bicyclic) bond motifs is 3. The summed E-state index contributed by atoms with van der Waals surface area (Å²) in [5.74, 6) is 1.62. The minimum absolute atomic E-state index is 0.224. The lowest BCUT2D eigenvalue weighted by molar-refractivity contribution is 0.0195. The van der Waals surface area contributed by atoms with Crippen LogP contribution in [0.3, 0.4) is 0 Å². The van der Waals surface area contributed by atoms with Crippen molar-refractivity contribution in [1.29, 1.82) is 0 Å². The standard InChI is InChI=1S/C64H69NO7/c1-4-5-8-13-44-16-18-45(19-17-44)46-20-22-49(23-21-46)61(66)70-54-33-24-47(25-34-54)48-26-35-55(36-27-48)71-62(67)50-28-37-56-58(42-50)43(2)59(63(68)69-3)57-38-39-64(72-60(56)57,51-14-9-6-10-15-51)52-29-31-53(32-30-52)65-40-11-7-12-41-65/h6,9-10,14-15,20-25,28-34,37-39,42,44-45,48,55H,4-5,7-8,11-13,16-19,26-27,35-36,40-41H2,1-3H3. The monoisotopic (exact) mass is 964 g/mol. The second-order valence-corrected chi connectivity index (χ2v) is 20.8. The zero-order valence-corrected chi connectivity index (χ0v) is 42.3. The van der Waals surface area contributed by atoms with Crippen LogP contribution in [0.5, 0.6) is 11.5 Å². The fourth-order valence-electron chi connectivity index (χ4n) is 12.1. The predicted octanol–water partition coefficient (Wildman–Crippen LogP) is 15.2. The normalized spacial score (nSPS) is 21.8. The van der Waals surface area contributed by atoms with Crippen LogP contribution in [0.25, 0.3) is 16.8 Å². The number of hydrogen-bond donors (Lipinski definition) is 0. The second kappa shape index (κ2) is 22.0. The van der Waals surface area contributed by atoms with Crippen molar-refractivity contribution in [1.82, 2.24) is 0 Å². The number of rotatable bonds is 14. The van der Waals surface area contributed by atoms with Crippen molar-refractivity contribution in [3.8, 4) is 11.5 Å². The minimum atomic E-state index is -0.991. The van der Waals surface area contributed by atoms with Crippen molar-refractivity contribution in [2.45, 2.75) is 134 Å². The Morgan fingerprint density at radius 2 is 1.29 bits per heavy atom. The van der Waals surface area contributed by atoms with E-state index in [-0.39, 0.29) is 12.1 Å². The van der Waals surface area contributed by atoms with Crippen molar-refractivity contribution in [3.63, 3.8) is 0 Å². The summed E-state index contributed by atoms with van der Waals surface area (Å²) in [5.41, 5.74) is 7.36. The summed E-state index contributed by atoms with van der Waals surface area (Å²) < 4.78 is 24.7. The van der Waals surface area contributed by atoms with Gasteiger partial charge in [0.1, 0.15) is 17.6 Å². The molecular weight excluding hydrogens is 895 g/mol. The molecule has 372 valence electrons. The Hall–Kier alpha value is -6.67. The van der Waals surface area contributed by atoms with Gasteiger partial charge >= 0.3 is 17.9 Å². The number of hydrogen-bond acceptors (Lipinski definition) is 8. The van der Waals surface area contributed by atoms with Gasteiger partial charge in [0.15, 0.2) is 5.60 Å². The molecule has 6 aromatic rings. The molecule has 2 heterocycles. The molecule has 1 saturated heterocycles. The number of nitrogens with zero attached hydrogens (tertiary/aromatic N) is 1. The van der Waals surface area contributed by atoms with Crippen LogP contribution < -0.4 is 14.4 Å². The summed E-state index contributed by atoms with van der Waals surface area (Å²) in [7, 11) is 1.39. The Labute approximate surface area is 425 Å². The van der Waals surface area contributed by atoms with Crippen molar-refractivity contribution < 1.29 is 33.3 Å². The van der Waals surface area contributed by atoms with E-state index in [1.165, 1.54) is 94.6 Å². The minimum Gasteiger partial charge on any atom is -0.472 e. The van der Waals surface area contributed by atoms with Gasteiger partial charge in [0.05, 0.1) is 23.8 Å². The highest BCUT2D eigenvalue weighted by atomic mass is 16.5. The SMILES string of the molecule is CCCCCC1CCC(c2ccc(C(=O)Oc3ccc(C4CCC(OC(=O)c5ccc6c7c(c(C(=O)OC)c(C)c6c5)C=CC(c5ccccc5)(c5ccc(N6CCCCC6)cc5)O7)CC4)cc3)cc2)CC1. The van der Waals surface area contributed by atoms with E-state index < -0.39 is 17.5 Å². The first kappa shape index (κ1) is 48.9. The largest absolute Gasteiger partial charge is 0.472 e. The van der Waals surface area contributed by atoms with E-state index in [1.54, 1.807) is 6.07 Å². The summed E-state index contributed by atoms with van der Waals surface area (Å²) in [6.07, 6.45) is 21.1. The van der Waals surface area contributed by atoms with Crippen LogP contribution in [-0.4, -0.2) is 44.2 Å². The van der Waals surface area contributed by atoms with Gasteiger partial charge in [0, 0.05) is 40.9 Å². The summed E-state index contributed by atoms with van der Waals surface area (Å²) in [6.45, 7) is 6.28. The van der Waals surface area contributed by atoms with Crippen LogP contribution in [0.4, 0.5) is 5.69 Å². The Bertz CT molecular complexity index is 2880. The van der Waals surface area contributed by atoms with Crippen molar-refractivity contribution in [2.24, 2.45) is 5.92 Å². The van der Waals surface area contributed by atoms with Gasteiger partial charge in [0.25, 0.3) is 0 Å². The van der Waals surface area contributed by atoms with Gasteiger partial charge in [0.2, 0.25) is 0 Å². The molecule has 0 amide bonds. The Morgan fingerprint density at radius 3 is 1.96 bits per heavy atom. The molecule has 72 heavy (non-hydrogen) atoms. The highest BCUT2D eigenvalue weighted by Gasteiger charge is 2.40. The molecule has 0 spiro atoms. The molecule has 0 radical (unpaired) electrons. The highest BCUT2D eigenvalue weighted by Crippen LogP contribution is 2.48. The number of carbonyl (C=O) groups is 3. The molecule has 8 nitrogen and oxygen atoms in total. The number of methoxy groups -OCH3 is 1. The summed E-state index contributed by atoms with van der Waals surface area (Å²) in [5, 5.41) is 1.51. The van der Waals surface area contributed by atoms with Crippen LogP contribution in [0.2, 0.25) is 0 Å². The maximum absolute atomic E-state index is 14.0. The number of esters is 3. The molecule has 2 saturated carbocycles. The first-order valence-electron chi connectivity index (χ1n) is 26.8. The lowest BCUT2D eigenvalue weighted by Gasteiger charge is -2.38. The van der Waals surface area contributed by atoms with Gasteiger partial charge in [-0.05, 0) is 184 Å². The molecule has 3 fully saturated rings. The molecule has 0 aromatic heterocycles. The van der Waals surface area contributed by atoms with E-state index in [0.29, 0.717) is 51.2 Å². The van der Waals surface area contributed by atoms with E-state index in [0.717, 1.165) is 66.6 Å². The number of carbonyl (C=O) groups excluding carboxylic acids is 3. The van der Waals surface area contributed by atoms with Gasteiger partial charge in [-0.3, -0.25) is 0 Å². The number of benzene rings is 6. The van der Waals surface area contributed by atoms with E-state index in [9.17, 15) is 14.4 Å². The molecular formula is C64H69NO7. The Kier molecular flexibility index (Phi) is 14.9. The highest BCUT2D eigenvalue weighted by molar-refractivity contribution is 6.08. The number of piperidine rings is 1. The molecule has 8 heteroatoms. The summed E-state index contributed by atoms with van der Waals surface area (Å²) in [4.78, 5) is 43.2. The number of ether oxygens (including phenoxy) is 4. The maximum Gasteiger partial charge on any atom is 0.343 e. The molecule has 0 bridgehead atoms. The second-order valence-electron chi connectivity index (χ2n) is 20.8. The summed E-state index contributed by atoms with van der Waals surface area (Å²) >= 11 is 0. The van der Waals surface area contributed by atoms with E-state index in [4.69, 9.17) is 18.9 Å². The molecule has 4 aliphatic rings. The fourth-order valence-corrected chi connectivity index (χ4v) is 12.1. The first-order chi connectivity index (χ1) is 35.2. The van der Waals surface area contributed by atoms with E-state index in [1.807, 2.05) is 73.7 Å². The van der Waals surface area contributed by atoms with Crippen molar-refractivity contribution >= 4 is 40.4 Å².